The van der Waals surface area contributed by atoms with Crippen LogP contribution in [-0.2, 0) is 9.84 Å². The van der Waals surface area contributed by atoms with Crippen molar-refractivity contribution in [1.29, 1.82) is 0 Å². The molecule has 0 atom stereocenters. The molecule has 0 fully saturated rings. The molecule has 0 bridgehead atoms. The Bertz CT molecular complexity index is 1130. The summed E-state index contributed by atoms with van der Waals surface area (Å²) < 4.78 is 46.4. The molecule has 0 aliphatic rings. The average Bonchev–Trinajstić information content (AvgIpc) is 2.66. The van der Waals surface area contributed by atoms with Gasteiger partial charge in [-0.2, -0.15) is 0 Å². The van der Waals surface area contributed by atoms with Gasteiger partial charge < -0.3 is 18.6 Å². The molecule has 1 aromatic heterocycles. The molecule has 136 valence electrons. The Hall–Kier alpha value is -3.00. The van der Waals surface area contributed by atoms with E-state index in [0.717, 1.165) is 0 Å². The molecule has 0 amide bonds. The van der Waals surface area contributed by atoms with Crippen LogP contribution < -0.4 is 19.8 Å². The van der Waals surface area contributed by atoms with Crippen molar-refractivity contribution in [3.8, 4) is 17.2 Å². The van der Waals surface area contributed by atoms with E-state index >= 15 is 0 Å². The van der Waals surface area contributed by atoms with Crippen LogP contribution in [-0.4, -0.2) is 29.7 Å². The number of methoxy groups -OCH3 is 3. The third kappa shape index (κ3) is 2.88. The fourth-order valence-electron chi connectivity index (χ4n) is 2.56. The predicted molar refractivity (Wildman–Crippen MR) is 94.0 cm³/mol. The van der Waals surface area contributed by atoms with Crippen LogP contribution in [0.3, 0.4) is 0 Å². The van der Waals surface area contributed by atoms with Crippen molar-refractivity contribution in [3.63, 3.8) is 0 Å². The van der Waals surface area contributed by atoms with E-state index in [-0.39, 0.29) is 16.2 Å². The highest BCUT2D eigenvalue weighted by molar-refractivity contribution is 7.91. The Morgan fingerprint density at radius 3 is 2.19 bits per heavy atom. The van der Waals surface area contributed by atoms with Gasteiger partial charge in [-0.3, -0.25) is 0 Å². The summed E-state index contributed by atoms with van der Waals surface area (Å²) in [4.78, 5) is 11.8. The number of hydrogen-bond donors (Lipinski definition) is 0. The molecule has 3 rings (SSSR count). The van der Waals surface area contributed by atoms with Gasteiger partial charge in [0.05, 0.1) is 26.2 Å². The van der Waals surface area contributed by atoms with Gasteiger partial charge in [-0.05, 0) is 24.3 Å². The van der Waals surface area contributed by atoms with Crippen LogP contribution in [0.15, 0.2) is 61.5 Å². The van der Waals surface area contributed by atoms with Gasteiger partial charge in [-0.15, -0.1) is 0 Å². The van der Waals surface area contributed by atoms with Gasteiger partial charge in [0.25, 0.3) is 0 Å². The van der Waals surface area contributed by atoms with E-state index in [1.165, 1.54) is 45.6 Å². The second kappa shape index (κ2) is 6.72. The molecule has 0 unspecified atom stereocenters. The Kier molecular flexibility index (Phi) is 4.60. The maximum Gasteiger partial charge on any atom is 0.355 e. The van der Waals surface area contributed by atoms with Crippen molar-refractivity contribution in [1.82, 2.24) is 0 Å². The fourth-order valence-corrected chi connectivity index (χ4v) is 3.86. The van der Waals surface area contributed by atoms with Gasteiger partial charge in [0, 0.05) is 11.5 Å². The molecule has 3 aromatic rings. The normalized spacial score (nSPS) is 11.3. The molecule has 26 heavy (non-hydrogen) atoms. The van der Waals surface area contributed by atoms with Crippen LogP contribution in [0.25, 0.3) is 11.0 Å². The summed E-state index contributed by atoms with van der Waals surface area (Å²) >= 11 is 0. The number of benzene rings is 2. The lowest BCUT2D eigenvalue weighted by atomic mass is 10.2. The molecule has 0 radical (unpaired) electrons. The van der Waals surface area contributed by atoms with Crippen LogP contribution >= 0.6 is 0 Å². The maximum absolute atomic E-state index is 12.9. The zero-order valence-corrected chi connectivity index (χ0v) is 15.1. The van der Waals surface area contributed by atoms with Crippen molar-refractivity contribution < 1.29 is 27.0 Å². The largest absolute Gasteiger partial charge is 0.493 e. The first-order chi connectivity index (χ1) is 12.4. The lowest BCUT2D eigenvalue weighted by Gasteiger charge is -2.10. The van der Waals surface area contributed by atoms with Crippen LogP contribution in [0.5, 0.6) is 17.2 Å². The monoisotopic (exact) mass is 376 g/mol. The number of rotatable bonds is 5. The van der Waals surface area contributed by atoms with E-state index in [0.29, 0.717) is 16.9 Å². The van der Waals surface area contributed by atoms with E-state index in [1.54, 1.807) is 18.2 Å². The first kappa shape index (κ1) is 17.8. The SMILES string of the molecule is COc1ccc(S(=O)(=O)c2cc3cccc(OC)c3oc2=O)cc1OC. The summed E-state index contributed by atoms with van der Waals surface area (Å²) in [6.07, 6.45) is 0. The summed E-state index contributed by atoms with van der Waals surface area (Å²) in [6.45, 7) is 0. The summed E-state index contributed by atoms with van der Waals surface area (Å²) in [5, 5.41) is 0.433. The van der Waals surface area contributed by atoms with Crippen molar-refractivity contribution >= 4 is 20.8 Å². The van der Waals surface area contributed by atoms with Gasteiger partial charge in [0.2, 0.25) is 9.84 Å². The number of para-hydroxylation sites is 1. The van der Waals surface area contributed by atoms with Crippen LogP contribution in [0.1, 0.15) is 0 Å². The molecule has 2 aromatic carbocycles. The minimum Gasteiger partial charge on any atom is -0.493 e. The van der Waals surface area contributed by atoms with Gasteiger partial charge in [0.1, 0.15) is 0 Å². The van der Waals surface area contributed by atoms with Crippen LogP contribution in [0.4, 0.5) is 0 Å². The average molecular weight is 376 g/mol. The summed E-state index contributed by atoms with van der Waals surface area (Å²) in [6, 6.07) is 10.3. The number of hydrogen-bond acceptors (Lipinski definition) is 7. The first-order valence-corrected chi connectivity index (χ1v) is 8.98. The summed E-state index contributed by atoms with van der Waals surface area (Å²) in [5.74, 6) is 0.955. The third-order valence-corrected chi connectivity index (χ3v) is 5.60. The molecule has 0 aliphatic carbocycles. The van der Waals surface area contributed by atoms with Crippen molar-refractivity contribution in [3.05, 3.63) is 52.9 Å². The van der Waals surface area contributed by atoms with Gasteiger partial charge >= 0.3 is 5.63 Å². The van der Waals surface area contributed by atoms with E-state index < -0.39 is 20.4 Å². The Morgan fingerprint density at radius 2 is 1.54 bits per heavy atom. The number of fused-ring (bicyclic) bond motifs is 1. The molecule has 0 spiro atoms. The fraction of sp³-hybridized carbons (Fsp3) is 0.167. The zero-order chi connectivity index (χ0) is 18.9. The van der Waals surface area contributed by atoms with Gasteiger partial charge in [0.15, 0.2) is 27.7 Å². The Balaban J connectivity index is 2.22. The predicted octanol–water partition coefficient (Wildman–Crippen LogP) is 2.65. The quantitative estimate of drug-likeness (QED) is 0.632. The molecule has 1 heterocycles. The lowest BCUT2D eigenvalue weighted by Crippen LogP contribution is -2.14. The number of ether oxygens (including phenoxy) is 3. The molecular weight excluding hydrogens is 360 g/mol. The van der Waals surface area contributed by atoms with E-state index in [1.807, 2.05) is 0 Å². The molecular formula is C18H16O7S. The summed E-state index contributed by atoms with van der Waals surface area (Å²) in [7, 11) is 0.148. The Morgan fingerprint density at radius 1 is 0.846 bits per heavy atom. The third-order valence-electron chi connectivity index (χ3n) is 3.87. The molecule has 8 heteroatoms. The molecule has 0 saturated carbocycles. The molecule has 7 nitrogen and oxygen atoms in total. The van der Waals surface area contributed by atoms with Gasteiger partial charge in [-0.25, -0.2) is 13.2 Å². The molecule has 0 aliphatic heterocycles. The maximum atomic E-state index is 12.9. The van der Waals surface area contributed by atoms with E-state index in [9.17, 15) is 13.2 Å². The first-order valence-electron chi connectivity index (χ1n) is 7.50. The van der Waals surface area contributed by atoms with Crippen LogP contribution in [0, 0.1) is 0 Å². The summed E-state index contributed by atoms with van der Waals surface area (Å²) in [5.41, 5.74) is -0.789. The number of sulfone groups is 1. The lowest BCUT2D eigenvalue weighted by molar-refractivity contribution is 0.354. The second-order valence-corrected chi connectivity index (χ2v) is 7.22. The highest BCUT2D eigenvalue weighted by Crippen LogP contribution is 2.32. The smallest absolute Gasteiger partial charge is 0.355 e. The van der Waals surface area contributed by atoms with Crippen LogP contribution in [0.2, 0.25) is 0 Å². The zero-order valence-electron chi connectivity index (χ0n) is 14.3. The van der Waals surface area contributed by atoms with Crippen molar-refractivity contribution in [2.75, 3.05) is 21.3 Å². The second-order valence-electron chi connectivity index (χ2n) is 5.30. The van der Waals surface area contributed by atoms with Gasteiger partial charge in [-0.1, -0.05) is 12.1 Å². The molecule has 0 saturated heterocycles. The minimum absolute atomic E-state index is 0.107. The highest BCUT2D eigenvalue weighted by atomic mass is 32.2. The topological polar surface area (TPSA) is 92.0 Å². The van der Waals surface area contributed by atoms with E-state index in [4.69, 9.17) is 18.6 Å². The Labute approximate surface area is 149 Å². The standard InChI is InChI=1S/C18H16O7S/c1-22-13-8-7-12(10-15(13)24-3)26(20,21)16-9-11-5-4-6-14(23-2)17(11)25-18(16)19/h4-10H,1-3H3. The van der Waals surface area contributed by atoms with E-state index in [2.05, 4.69) is 0 Å². The van der Waals surface area contributed by atoms with Crippen molar-refractivity contribution in [2.45, 2.75) is 9.79 Å². The molecule has 0 N–H and O–H groups in total. The van der Waals surface area contributed by atoms with Crippen molar-refractivity contribution in [2.24, 2.45) is 0 Å². The minimum atomic E-state index is -4.12. The highest BCUT2D eigenvalue weighted by Gasteiger charge is 2.25.